The number of carbonyl (C=O) groups excluding carboxylic acids is 1. The molecule has 0 spiro atoms. The van der Waals surface area contributed by atoms with Gasteiger partial charge in [0.25, 0.3) is 0 Å². The first-order valence-corrected chi connectivity index (χ1v) is 6.63. The molecule has 0 aliphatic rings. The molecule has 0 saturated heterocycles. The number of nitrogens with zero attached hydrogens (tertiary/aromatic N) is 2. The van der Waals surface area contributed by atoms with Crippen LogP contribution < -0.4 is 5.32 Å². The van der Waals surface area contributed by atoms with Crippen molar-refractivity contribution in [2.24, 2.45) is 0 Å². The van der Waals surface area contributed by atoms with Crippen LogP contribution >= 0.6 is 11.8 Å². The average molecular weight is 255 g/mol. The van der Waals surface area contributed by atoms with Crippen LogP contribution in [0.2, 0.25) is 0 Å². The Balaban J connectivity index is 2.43. The van der Waals surface area contributed by atoms with Crippen molar-refractivity contribution in [2.75, 3.05) is 25.2 Å². The van der Waals surface area contributed by atoms with Crippen molar-refractivity contribution in [3.05, 3.63) is 18.1 Å². The van der Waals surface area contributed by atoms with E-state index < -0.39 is 5.97 Å². The van der Waals surface area contributed by atoms with Gasteiger partial charge in [0, 0.05) is 11.8 Å². The van der Waals surface area contributed by atoms with Gasteiger partial charge in [-0.15, -0.1) is 0 Å². The van der Waals surface area contributed by atoms with Gasteiger partial charge in [0.05, 0.1) is 19.5 Å². The molecule has 17 heavy (non-hydrogen) atoms. The summed E-state index contributed by atoms with van der Waals surface area (Å²) in [5.41, 5.74) is 0.218. The predicted octanol–water partition coefficient (Wildman–Crippen LogP) is 1.82. The third-order valence-electron chi connectivity index (χ3n) is 2.31. The van der Waals surface area contributed by atoms with Gasteiger partial charge >= 0.3 is 5.97 Å². The minimum Gasteiger partial charge on any atom is -0.464 e. The van der Waals surface area contributed by atoms with Crippen LogP contribution in [-0.4, -0.2) is 41.1 Å². The lowest BCUT2D eigenvalue weighted by Crippen LogP contribution is -2.10. The lowest BCUT2D eigenvalue weighted by atomic mass is 10.3. The van der Waals surface area contributed by atoms with E-state index in [-0.39, 0.29) is 5.69 Å². The first-order valence-electron chi connectivity index (χ1n) is 5.34. The zero-order chi connectivity index (χ0) is 12.7. The maximum absolute atomic E-state index is 11.1. The second-order valence-electron chi connectivity index (χ2n) is 3.54. The van der Waals surface area contributed by atoms with E-state index in [1.807, 2.05) is 11.8 Å². The van der Waals surface area contributed by atoms with E-state index in [1.54, 1.807) is 0 Å². The SMILES string of the molecule is COC(=O)c1cnc(NCCC(C)SC)cn1. The zero-order valence-corrected chi connectivity index (χ0v) is 11.1. The maximum atomic E-state index is 11.1. The number of ether oxygens (including phenoxy) is 1. The Morgan fingerprint density at radius 1 is 1.53 bits per heavy atom. The van der Waals surface area contributed by atoms with Crippen LogP contribution in [0.25, 0.3) is 0 Å². The van der Waals surface area contributed by atoms with E-state index in [0.717, 1.165) is 13.0 Å². The predicted molar refractivity (Wildman–Crippen MR) is 69.5 cm³/mol. The van der Waals surface area contributed by atoms with Gasteiger partial charge in [-0.3, -0.25) is 0 Å². The number of methoxy groups -OCH3 is 1. The normalized spacial score (nSPS) is 11.9. The Morgan fingerprint density at radius 3 is 2.82 bits per heavy atom. The summed E-state index contributed by atoms with van der Waals surface area (Å²) in [5, 5.41) is 3.77. The molecule has 0 fully saturated rings. The van der Waals surface area contributed by atoms with Crippen LogP contribution in [0.1, 0.15) is 23.8 Å². The molecule has 0 aromatic carbocycles. The molecule has 1 aromatic rings. The van der Waals surface area contributed by atoms with Gasteiger partial charge in [0.1, 0.15) is 5.82 Å². The van der Waals surface area contributed by atoms with Gasteiger partial charge < -0.3 is 10.1 Å². The van der Waals surface area contributed by atoms with Crippen molar-refractivity contribution in [1.82, 2.24) is 9.97 Å². The van der Waals surface area contributed by atoms with Crippen molar-refractivity contribution in [2.45, 2.75) is 18.6 Å². The van der Waals surface area contributed by atoms with Crippen molar-refractivity contribution in [3.8, 4) is 0 Å². The molecule has 1 unspecified atom stereocenters. The largest absolute Gasteiger partial charge is 0.464 e. The molecule has 0 aliphatic heterocycles. The van der Waals surface area contributed by atoms with Gasteiger partial charge in [-0.05, 0) is 12.7 Å². The van der Waals surface area contributed by atoms with Crippen LogP contribution in [0.15, 0.2) is 12.4 Å². The number of hydrogen-bond donors (Lipinski definition) is 1. The lowest BCUT2D eigenvalue weighted by Gasteiger charge is -2.09. The highest BCUT2D eigenvalue weighted by Crippen LogP contribution is 2.09. The summed E-state index contributed by atoms with van der Waals surface area (Å²) in [4.78, 5) is 19.2. The summed E-state index contributed by atoms with van der Waals surface area (Å²) in [6, 6.07) is 0. The monoisotopic (exact) mass is 255 g/mol. The Morgan fingerprint density at radius 2 is 2.29 bits per heavy atom. The second kappa shape index (κ2) is 7.11. The van der Waals surface area contributed by atoms with Crippen LogP contribution in [0.4, 0.5) is 5.82 Å². The number of carbonyl (C=O) groups is 1. The van der Waals surface area contributed by atoms with E-state index in [4.69, 9.17) is 0 Å². The summed E-state index contributed by atoms with van der Waals surface area (Å²) in [6.07, 6.45) is 6.10. The standard InChI is InChI=1S/C11H17N3O2S/c1-8(17-3)4-5-12-10-7-13-9(6-14-10)11(15)16-2/h6-8H,4-5H2,1-3H3,(H,12,14). The number of hydrogen-bond acceptors (Lipinski definition) is 6. The van der Waals surface area contributed by atoms with Gasteiger partial charge in [-0.1, -0.05) is 6.92 Å². The van der Waals surface area contributed by atoms with E-state index in [2.05, 4.69) is 33.2 Å². The zero-order valence-electron chi connectivity index (χ0n) is 10.3. The fourth-order valence-electron chi connectivity index (χ4n) is 1.15. The molecule has 5 nitrogen and oxygen atoms in total. The van der Waals surface area contributed by atoms with E-state index in [9.17, 15) is 4.79 Å². The number of aromatic nitrogens is 2. The molecular weight excluding hydrogens is 238 g/mol. The third kappa shape index (κ3) is 4.60. The summed E-state index contributed by atoms with van der Waals surface area (Å²) in [7, 11) is 1.32. The third-order valence-corrected chi connectivity index (χ3v) is 3.35. The highest BCUT2D eigenvalue weighted by molar-refractivity contribution is 7.99. The quantitative estimate of drug-likeness (QED) is 0.782. The number of nitrogens with one attached hydrogen (secondary N) is 1. The van der Waals surface area contributed by atoms with Gasteiger partial charge in [0.2, 0.25) is 0 Å². The molecule has 0 radical (unpaired) electrons. The average Bonchev–Trinajstić information content (AvgIpc) is 2.38. The minimum atomic E-state index is -0.472. The lowest BCUT2D eigenvalue weighted by molar-refractivity contribution is 0.0593. The number of thioether (sulfide) groups is 1. The van der Waals surface area contributed by atoms with Gasteiger partial charge in [-0.25, -0.2) is 14.8 Å². The van der Waals surface area contributed by atoms with E-state index in [0.29, 0.717) is 11.1 Å². The minimum absolute atomic E-state index is 0.218. The number of rotatable bonds is 6. The van der Waals surface area contributed by atoms with Crippen molar-refractivity contribution >= 4 is 23.5 Å². The maximum Gasteiger partial charge on any atom is 0.358 e. The van der Waals surface area contributed by atoms with Crippen LogP contribution in [-0.2, 0) is 4.74 Å². The molecule has 1 aromatic heterocycles. The summed E-state index contributed by atoms with van der Waals surface area (Å²) in [5.74, 6) is 0.200. The van der Waals surface area contributed by atoms with Crippen LogP contribution in [0, 0.1) is 0 Å². The Kier molecular flexibility index (Phi) is 5.76. The molecule has 0 aliphatic carbocycles. The van der Waals surface area contributed by atoms with Gasteiger partial charge in [-0.2, -0.15) is 11.8 Å². The van der Waals surface area contributed by atoms with Gasteiger partial charge in [0.15, 0.2) is 5.69 Å². The molecule has 1 heterocycles. The smallest absolute Gasteiger partial charge is 0.358 e. The van der Waals surface area contributed by atoms with Crippen molar-refractivity contribution in [3.63, 3.8) is 0 Å². The van der Waals surface area contributed by atoms with Crippen molar-refractivity contribution in [1.29, 1.82) is 0 Å². The number of esters is 1. The molecule has 94 valence electrons. The Labute approximate surface area is 105 Å². The highest BCUT2D eigenvalue weighted by atomic mass is 32.2. The van der Waals surface area contributed by atoms with E-state index >= 15 is 0 Å². The fourth-order valence-corrected chi connectivity index (χ4v) is 1.50. The first kappa shape index (κ1) is 13.8. The Hall–Kier alpha value is -1.30. The molecule has 1 atom stereocenters. The molecule has 0 bridgehead atoms. The number of anilines is 1. The molecule has 0 amide bonds. The molecule has 0 saturated carbocycles. The first-order chi connectivity index (χ1) is 8.17. The Bertz CT molecular complexity index is 356. The second-order valence-corrected chi connectivity index (χ2v) is 4.82. The molecule has 1 N–H and O–H groups in total. The summed E-state index contributed by atoms with van der Waals surface area (Å²) < 4.78 is 4.54. The fraction of sp³-hybridized carbons (Fsp3) is 0.545. The molecule has 1 rings (SSSR count). The topological polar surface area (TPSA) is 64.1 Å². The molecular formula is C11H17N3O2S. The summed E-state index contributed by atoms with van der Waals surface area (Å²) >= 11 is 1.83. The van der Waals surface area contributed by atoms with Crippen LogP contribution in [0.5, 0.6) is 0 Å². The van der Waals surface area contributed by atoms with E-state index in [1.165, 1.54) is 19.5 Å². The van der Waals surface area contributed by atoms with Crippen LogP contribution in [0.3, 0.4) is 0 Å². The highest BCUT2D eigenvalue weighted by Gasteiger charge is 2.07. The van der Waals surface area contributed by atoms with Crippen molar-refractivity contribution < 1.29 is 9.53 Å². The molecule has 6 heteroatoms. The summed E-state index contributed by atoms with van der Waals surface area (Å²) in [6.45, 7) is 3.02.